The molecule has 1 amide bonds. The summed E-state index contributed by atoms with van der Waals surface area (Å²) in [7, 11) is 4.46. The van der Waals surface area contributed by atoms with Crippen molar-refractivity contribution >= 4 is 5.91 Å². The van der Waals surface area contributed by atoms with Crippen molar-refractivity contribution in [2.24, 2.45) is 0 Å². The molecule has 6 heteroatoms. The standard InChI is InChI=1S/C14H21NO5/c1-14(17,9-18-2)8-15-13(16)10-6-5-7-11(19-3)12(10)20-4/h5-7,17H,8-9H2,1-4H3,(H,15,16). The molecular formula is C14H21NO5. The molecule has 1 atom stereocenters. The fourth-order valence-corrected chi connectivity index (χ4v) is 1.79. The number of para-hydroxylation sites is 1. The van der Waals surface area contributed by atoms with Crippen LogP contribution in [0.25, 0.3) is 0 Å². The molecule has 20 heavy (non-hydrogen) atoms. The molecule has 1 aromatic carbocycles. The molecule has 0 heterocycles. The number of carbonyl (C=O) groups excluding carboxylic acids is 1. The predicted molar refractivity (Wildman–Crippen MR) is 74.4 cm³/mol. The van der Waals surface area contributed by atoms with Crippen molar-refractivity contribution in [2.75, 3.05) is 34.5 Å². The van der Waals surface area contributed by atoms with Crippen molar-refractivity contribution in [3.8, 4) is 11.5 Å². The lowest BCUT2D eigenvalue weighted by Gasteiger charge is -2.22. The minimum Gasteiger partial charge on any atom is -0.493 e. The van der Waals surface area contributed by atoms with Crippen molar-refractivity contribution in [1.82, 2.24) is 5.32 Å². The Bertz CT molecular complexity index is 459. The van der Waals surface area contributed by atoms with Gasteiger partial charge in [0.1, 0.15) is 5.60 Å². The molecule has 112 valence electrons. The zero-order valence-corrected chi connectivity index (χ0v) is 12.2. The van der Waals surface area contributed by atoms with Crippen LogP contribution < -0.4 is 14.8 Å². The van der Waals surface area contributed by atoms with Crippen LogP contribution in [0, 0.1) is 0 Å². The molecule has 1 unspecified atom stereocenters. The first-order valence-electron chi connectivity index (χ1n) is 6.15. The maximum Gasteiger partial charge on any atom is 0.255 e. The van der Waals surface area contributed by atoms with Crippen LogP contribution >= 0.6 is 0 Å². The molecule has 1 aromatic rings. The van der Waals surface area contributed by atoms with Crippen molar-refractivity contribution in [3.05, 3.63) is 23.8 Å². The van der Waals surface area contributed by atoms with E-state index >= 15 is 0 Å². The van der Waals surface area contributed by atoms with E-state index in [9.17, 15) is 9.90 Å². The first-order valence-corrected chi connectivity index (χ1v) is 6.15. The summed E-state index contributed by atoms with van der Waals surface area (Å²) in [6, 6.07) is 5.03. The average molecular weight is 283 g/mol. The number of aliphatic hydroxyl groups is 1. The van der Waals surface area contributed by atoms with Gasteiger partial charge in [-0.1, -0.05) is 6.07 Å². The van der Waals surface area contributed by atoms with E-state index in [1.807, 2.05) is 0 Å². The summed E-state index contributed by atoms with van der Waals surface area (Å²) in [6.07, 6.45) is 0. The molecule has 0 aliphatic rings. The second kappa shape index (κ2) is 7.12. The molecule has 0 saturated heterocycles. The van der Waals surface area contributed by atoms with Crippen LogP contribution in [0.5, 0.6) is 11.5 Å². The van der Waals surface area contributed by atoms with E-state index in [1.54, 1.807) is 25.1 Å². The maximum absolute atomic E-state index is 12.1. The zero-order valence-electron chi connectivity index (χ0n) is 12.2. The van der Waals surface area contributed by atoms with Crippen LogP contribution in [0.2, 0.25) is 0 Å². The monoisotopic (exact) mass is 283 g/mol. The third kappa shape index (κ3) is 4.11. The molecule has 0 bridgehead atoms. The van der Waals surface area contributed by atoms with Crippen molar-refractivity contribution < 1.29 is 24.1 Å². The average Bonchev–Trinajstić information content (AvgIpc) is 2.43. The highest BCUT2D eigenvalue weighted by atomic mass is 16.5. The quantitative estimate of drug-likeness (QED) is 0.775. The Hall–Kier alpha value is -1.79. The molecule has 0 fully saturated rings. The molecule has 0 aliphatic carbocycles. The molecule has 0 saturated carbocycles. The summed E-state index contributed by atoms with van der Waals surface area (Å²) in [4.78, 5) is 12.1. The first-order chi connectivity index (χ1) is 9.45. The van der Waals surface area contributed by atoms with Crippen LogP contribution in [0.1, 0.15) is 17.3 Å². The summed E-state index contributed by atoms with van der Waals surface area (Å²) in [5.41, 5.74) is -0.781. The summed E-state index contributed by atoms with van der Waals surface area (Å²) in [6.45, 7) is 1.78. The Morgan fingerprint density at radius 1 is 1.30 bits per heavy atom. The van der Waals surface area contributed by atoms with Gasteiger partial charge in [-0.3, -0.25) is 4.79 Å². The van der Waals surface area contributed by atoms with Crippen molar-refractivity contribution in [2.45, 2.75) is 12.5 Å². The lowest BCUT2D eigenvalue weighted by atomic mass is 10.1. The number of carbonyl (C=O) groups is 1. The Kier molecular flexibility index (Phi) is 5.79. The van der Waals surface area contributed by atoms with Crippen LogP contribution in [0.3, 0.4) is 0 Å². The number of benzene rings is 1. The Labute approximate surface area is 118 Å². The van der Waals surface area contributed by atoms with Gasteiger partial charge in [-0.2, -0.15) is 0 Å². The van der Waals surface area contributed by atoms with Crippen molar-refractivity contribution in [1.29, 1.82) is 0 Å². The maximum atomic E-state index is 12.1. The van der Waals surface area contributed by atoms with E-state index < -0.39 is 5.60 Å². The predicted octanol–water partition coefficient (Wildman–Crippen LogP) is 0.831. The molecule has 0 aromatic heterocycles. The van der Waals surface area contributed by atoms with E-state index in [4.69, 9.17) is 14.2 Å². The topological polar surface area (TPSA) is 77.0 Å². The van der Waals surface area contributed by atoms with Crippen LogP contribution in [-0.2, 0) is 4.74 Å². The van der Waals surface area contributed by atoms with Gasteiger partial charge < -0.3 is 24.6 Å². The van der Waals surface area contributed by atoms with E-state index in [2.05, 4.69) is 5.32 Å². The van der Waals surface area contributed by atoms with Crippen LogP contribution in [0.15, 0.2) is 18.2 Å². The van der Waals surface area contributed by atoms with Gasteiger partial charge in [0.05, 0.1) is 26.4 Å². The third-order valence-corrected chi connectivity index (χ3v) is 2.73. The Balaban J connectivity index is 2.83. The highest BCUT2D eigenvalue weighted by Gasteiger charge is 2.23. The smallest absolute Gasteiger partial charge is 0.255 e. The van der Waals surface area contributed by atoms with E-state index in [1.165, 1.54) is 21.3 Å². The lowest BCUT2D eigenvalue weighted by Crippen LogP contribution is -2.43. The molecule has 0 aliphatic heterocycles. The number of amides is 1. The summed E-state index contributed by atoms with van der Waals surface area (Å²) in [5, 5.41) is 12.6. The number of hydrogen-bond donors (Lipinski definition) is 2. The highest BCUT2D eigenvalue weighted by Crippen LogP contribution is 2.30. The second-order valence-electron chi connectivity index (χ2n) is 4.65. The van der Waals surface area contributed by atoms with Gasteiger partial charge in [-0.05, 0) is 19.1 Å². The van der Waals surface area contributed by atoms with Gasteiger partial charge in [0.25, 0.3) is 5.91 Å². The first kappa shape index (κ1) is 16.3. The minimum absolute atomic E-state index is 0.0695. The summed E-state index contributed by atoms with van der Waals surface area (Å²) < 4.78 is 15.2. The number of rotatable bonds is 7. The van der Waals surface area contributed by atoms with Gasteiger partial charge in [0.2, 0.25) is 0 Å². The number of ether oxygens (including phenoxy) is 3. The van der Waals surface area contributed by atoms with Crippen LogP contribution in [0.4, 0.5) is 0 Å². The van der Waals surface area contributed by atoms with E-state index in [0.29, 0.717) is 17.1 Å². The highest BCUT2D eigenvalue weighted by molar-refractivity contribution is 5.97. The Morgan fingerprint density at radius 3 is 2.55 bits per heavy atom. The summed E-state index contributed by atoms with van der Waals surface area (Å²) >= 11 is 0. The fraction of sp³-hybridized carbons (Fsp3) is 0.500. The molecule has 2 N–H and O–H groups in total. The fourth-order valence-electron chi connectivity index (χ4n) is 1.79. The normalized spacial score (nSPS) is 13.4. The number of hydrogen-bond acceptors (Lipinski definition) is 5. The largest absolute Gasteiger partial charge is 0.493 e. The van der Waals surface area contributed by atoms with Gasteiger partial charge in [0, 0.05) is 13.7 Å². The minimum atomic E-state index is -1.13. The van der Waals surface area contributed by atoms with Gasteiger partial charge in [-0.15, -0.1) is 0 Å². The summed E-state index contributed by atoms with van der Waals surface area (Å²) in [5.74, 6) is 0.486. The molecule has 1 rings (SSSR count). The van der Waals surface area contributed by atoms with Gasteiger partial charge in [0.15, 0.2) is 11.5 Å². The molecule has 0 radical (unpaired) electrons. The van der Waals surface area contributed by atoms with Gasteiger partial charge in [-0.25, -0.2) is 0 Å². The Morgan fingerprint density at radius 2 is 2.00 bits per heavy atom. The number of methoxy groups -OCH3 is 3. The van der Waals surface area contributed by atoms with Gasteiger partial charge >= 0.3 is 0 Å². The second-order valence-corrected chi connectivity index (χ2v) is 4.65. The molecular weight excluding hydrogens is 262 g/mol. The van der Waals surface area contributed by atoms with E-state index in [0.717, 1.165) is 0 Å². The number of nitrogens with one attached hydrogen (secondary N) is 1. The van der Waals surface area contributed by atoms with Crippen LogP contribution in [-0.4, -0.2) is 51.1 Å². The zero-order chi connectivity index (χ0) is 15.2. The molecule has 0 spiro atoms. The lowest BCUT2D eigenvalue weighted by molar-refractivity contribution is -0.0147. The van der Waals surface area contributed by atoms with Crippen molar-refractivity contribution in [3.63, 3.8) is 0 Å². The van der Waals surface area contributed by atoms with E-state index in [-0.39, 0.29) is 19.1 Å². The molecule has 6 nitrogen and oxygen atoms in total. The third-order valence-electron chi connectivity index (χ3n) is 2.73. The SMILES string of the molecule is COCC(C)(O)CNC(=O)c1cccc(OC)c1OC.